The summed E-state index contributed by atoms with van der Waals surface area (Å²) >= 11 is 0. The predicted octanol–water partition coefficient (Wildman–Crippen LogP) is 0.306. The molecule has 106 valence electrons. The summed E-state index contributed by atoms with van der Waals surface area (Å²) in [5, 5.41) is 19.6. The fourth-order valence-electron chi connectivity index (χ4n) is 2.36. The lowest BCUT2D eigenvalue weighted by Gasteiger charge is -2.32. The van der Waals surface area contributed by atoms with Crippen molar-refractivity contribution in [2.45, 2.75) is 18.9 Å². The highest BCUT2D eigenvalue weighted by Crippen LogP contribution is 2.28. The van der Waals surface area contributed by atoms with Crippen LogP contribution in [0.5, 0.6) is 0 Å². The van der Waals surface area contributed by atoms with Gasteiger partial charge in [0, 0.05) is 20.1 Å². The lowest BCUT2D eigenvalue weighted by atomic mass is 10.1. The van der Waals surface area contributed by atoms with Crippen LogP contribution in [-0.2, 0) is 11.8 Å². The second-order valence-corrected chi connectivity index (χ2v) is 4.54. The van der Waals surface area contributed by atoms with Crippen LogP contribution in [-0.4, -0.2) is 52.0 Å². The molecule has 1 saturated heterocycles. The molecule has 1 N–H and O–H groups in total. The van der Waals surface area contributed by atoms with Crippen LogP contribution in [0.25, 0.3) is 0 Å². The van der Waals surface area contributed by atoms with Crippen molar-refractivity contribution >= 4 is 11.6 Å². The second-order valence-electron chi connectivity index (χ2n) is 4.54. The van der Waals surface area contributed by atoms with Crippen LogP contribution in [0.3, 0.4) is 0 Å². The number of hydrogen-bond donors (Lipinski definition) is 1. The minimum absolute atomic E-state index is 0.0212. The van der Waals surface area contributed by atoms with E-state index in [2.05, 4.69) is 4.98 Å². The third kappa shape index (κ3) is 3.02. The van der Waals surface area contributed by atoms with Crippen molar-refractivity contribution in [2.75, 3.05) is 31.2 Å². The number of imidazole rings is 1. The maximum Gasteiger partial charge on any atom is 0.406 e. The van der Waals surface area contributed by atoms with Crippen molar-refractivity contribution in [2.24, 2.45) is 7.05 Å². The van der Waals surface area contributed by atoms with Crippen molar-refractivity contribution in [3.8, 4) is 0 Å². The second kappa shape index (κ2) is 5.98. The molecule has 1 aromatic rings. The van der Waals surface area contributed by atoms with Crippen LogP contribution in [0.4, 0.5) is 11.6 Å². The number of rotatable bonds is 5. The first kappa shape index (κ1) is 13.8. The van der Waals surface area contributed by atoms with Crippen molar-refractivity contribution in [1.82, 2.24) is 9.55 Å². The molecule has 1 aromatic heterocycles. The van der Waals surface area contributed by atoms with Gasteiger partial charge < -0.3 is 24.9 Å². The molecule has 1 aliphatic rings. The minimum atomic E-state index is -0.455. The van der Waals surface area contributed by atoms with E-state index in [0.29, 0.717) is 25.5 Å². The predicted molar refractivity (Wildman–Crippen MR) is 68.1 cm³/mol. The smallest absolute Gasteiger partial charge is 0.394 e. The van der Waals surface area contributed by atoms with Gasteiger partial charge in [-0.1, -0.05) is 0 Å². The molecular weight excluding hydrogens is 252 g/mol. The molecule has 19 heavy (non-hydrogen) atoms. The lowest BCUT2D eigenvalue weighted by Crippen LogP contribution is -2.38. The summed E-state index contributed by atoms with van der Waals surface area (Å²) in [7, 11) is 1.75. The first-order valence-corrected chi connectivity index (χ1v) is 6.26. The number of aliphatic hydroxyl groups excluding tert-OH is 1. The first-order valence-electron chi connectivity index (χ1n) is 6.26. The molecule has 2 rings (SSSR count). The van der Waals surface area contributed by atoms with Crippen LogP contribution in [0, 0.1) is 10.1 Å². The van der Waals surface area contributed by atoms with Crippen LogP contribution in [0.15, 0.2) is 6.33 Å². The number of piperidine rings is 1. The summed E-state index contributed by atoms with van der Waals surface area (Å²) in [6, 6.07) is 0. The maximum absolute atomic E-state index is 10.9. The molecule has 8 heteroatoms. The van der Waals surface area contributed by atoms with E-state index >= 15 is 0 Å². The van der Waals surface area contributed by atoms with Crippen LogP contribution >= 0.6 is 0 Å². The van der Waals surface area contributed by atoms with E-state index in [1.807, 2.05) is 4.90 Å². The summed E-state index contributed by atoms with van der Waals surface area (Å²) in [6.07, 6.45) is 3.17. The summed E-state index contributed by atoms with van der Waals surface area (Å²) in [5.41, 5.74) is 0. The topological polar surface area (TPSA) is 93.7 Å². The average molecular weight is 270 g/mol. The van der Waals surface area contributed by atoms with E-state index in [1.54, 1.807) is 11.6 Å². The molecule has 0 amide bonds. The molecule has 2 heterocycles. The van der Waals surface area contributed by atoms with E-state index < -0.39 is 4.92 Å². The van der Waals surface area contributed by atoms with Gasteiger partial charge in [0.15, 0.2) is 0 Å². The van der Waals surface area contributed by atoms with E-state index in [9.17, 15) is 10.1 Å². The Morgan fingerprint density at radius 1 is 1.58 bits per heavy atom. The van der Waals surface area contributed by atoms with Gasteiger partial charge in [0.2, 0.25) is 12.1 Å². The fourth-order valence-corrected chi connectivity index (χ4v) is 2.36. The van der Waals surface area contributed by atoms with Gasteiger partial charge in [-0.3, -0.25) is 4.57 Å². The molecule has 1 fully saturated rings. The normalized spacial score (nSPS) is 16.8. The largest absolute Gasteiger partial charge is 0.406 e. The fraction of sp³-hybridized carbons (Fsp3) is 0.727. The Balaban J connectivity index is 2.01. The van der Waals surface area contributed by atoms with E-state index in [0.717, 1.165) is 12.8 Å². The molecule has 0 radical (unpaired) electrons. The molecule has 0 aliphatic carbocycles. The summed E-state index contributed by atoms with van der Waals surface area (Å²) in [6.45, 7) is 1.75. The Labute approximate surface area is 110 Å². The molecule has 0 aromatic carbocycles. The van der Waals surface area contributed by atoms with Gasteiger partial charge in [-0.2, -0.15) is 0 Å². The molecule has 0 saturated carbocycles. The molecule has 0 bridgehead atoms. The number of nitrogens with zero attached hydrogens (tertiary/aromatic N) is 4. The average Bonchev–Trinajstić information content (AvgIpc) is 2.79. The van der Waals surface area contributed by atoms with Crippen molar-refractivity contribution in [3.05, 3.63) is 16.4 Å². The summed E-state index contributed by atoms with van der Waals surface area (Å²) < 4.78 is 7.15. The van der Waals surface area contributed by atoms with Gasteiger partial charge in [-0.05, 0) is 22.7 Å². The zero-order valence-electron chi connectivity index (χ0n) is 10.9. The Hall–Kier alpha value is -1.67. The number of nitro groups is 1. The quantitative estimate of drug-likeness (QED) is 0.611. The zero-order chi connectivity index (χ0) is 13.8. The Bertz CT molecular complexity index is 440. The van der Waals surface area contributed by atoms with Crippen LogP contribution < -0.4 is 4.90 Å². The lowest BCUT2D eigenvalue weighted by molar-refractivity contribution is -0.388. The first-order chi connectivity index (χ1) is 9.13. The van der Waals surface area contributed by atoms with E-state index in [1.165, 1.54) is 6.33 Å². The number of aliphatic hydroxyl groups is 1. The number of aromatic nitrogens is 2. The van der Waals surface area contributed by atoms with Crippen LogP contribution in [0.2, 0.25) is 0 Å². The van der Waals surface area contributed by atoms with E-state index in [4.69, 9.17) is 9.84 Å². The molecule has 8 nitrogen and oxygen atoms in total. The van der Waals surface area contributed by atoms with Gasteiger partial charge in [0.05, 0.1) is 19.3 Å². The zero-order valence-corrected chi connectivity index (χ0v) is 10.9. The van der Waals surface area contributed by atoms with Crippen molar-refractivity contribution < 1.29 is 14.8 Å². The highest BCUT2D eigenvalue weighted by Gasteiger charge is 2.29. The highest BCUT2D eigenvalue weighted by molar-refractivity contribution is 5.54. The number of ether oxygens (including phenoxy) is 1. The van der Waals surface area contributed by atoms with E-state index in [-0.39, 0.29) is 18.5 Å². The summed E-state index contributed by atoms with van der Waals surface area (Å²) in [4.78, 5) is 16.3. The van der Waals surface area contributed by atoms with Gasteiger partial charge in [-0.25, -0.2) is 0 Å². The molecule has 0 unspecified atom stereocenters. The number of anilines is 1. The number of aryl methyl sites for hydroxylation is 1. The Morgan fingerprint density at radius 2 is 2.26 bits per heavy atom. The van der Waals surface area contributed by atoms with Gasteiger partial charge >= 0.3 is 5.82 Å². The van der Waals surface area contributed by atoms with Crippen molar-refractivity contribution in [3.63, 3.8) is 0 Å². The highest BCUT2D eigenvalue weighted by atomic mass is 16.6. The minimum Gasteiger partial charge on any atom is -0.394 e. The monoisotopic (exact) mass is 270 g/mol. The maximum atomic E-state index is 10.9. The van der Waals surface area contributed by atoms with Gasteiger partial charge in [-0.15, -0.1) is 0 Å². The Kier molecular flexibility index (Phi) is 4.33. The van der Waals surface area contributed by atoms with Crippen molar-refractivity contribution in [1.29, 1.82) is 0 Å². The number of hydrogen-bond acceptors (Lipinski definition) is 6. The van der Waals surface area contributed by atoms with Gasteiger partial charge in [0.1, 0.15) is 0 Å². The third-order valence-corrected chi connectivity index (χ3v) is 3.25. The SMILES string of the molecule is Cn1cnc([N+](=O)[O-])c1N1CCC(OCCO)CC1. The van der Waals surface area contributed by atoms with Crippen LogP contribution in [0.1, 0.15) is 12.8 Å². The Morgan fingerprint density at radius 3 is 2.84 bits per heavy atom. The molecule has 1 aliphatic heterocycles. The van der Waals surface area contributed by atoms with Gasteiger partial charge in [0.25, 0.3) is 0 Å². The molecule has 0 spiro atoms. The third-order valence-electron chi connectivity index (χ3n) is 3.25. The summed E-state index contributed by atoms with van der Waals surface area (Å²) in [5.74, 6) is 0.447. The molecule has 0 atom stereocenters. The molecular formula is C11H18N4O4. The standard InChI is InChI=1S/C11H18N4O4/c1-13-8-12-10(15(17)18)11(13)14-4-2-9(3-5-14)19-7-6-16/h8-9,16H,2-7H2,1H3.